The van der Waals surface area contributed by atoms with Crippen LogP contribution in [0.4, 0.5) is 0 Å². The molecule has 25 heavy (non-hydrogen) atoms. The van der Waals surface area contributed by atoms with Crippen LogP contribution in [0.2, 0.25) is 5.02 Å². The van der Waals surface area contributed by atoms with Crippen molar-refractivity contribution >= 4 is 21.6 Å². The van der Waals surface area contributed by atoms with Crippen molar-refractivity contribution in [2.24, 2.45) is 0 Å². The molecular formula is C19H22ClNO3S. The third kappa shape index (κ3) is 4.00. The maximum Gasteiger partial charge on any atom is 0.243 e. The Morgan fingerprint density at radius 1 is 1.00 bits per heavy atom. The predicted octanol–water partition coefficient (Wildman–Crippen LogP) is 4.65. The first-order valence-corrected chi connectivity index (χ1v) is 10.3. The number of hydrogen-bond donors (Lipinski definition) is 0. The van der Waals surface area contributed by atoms with Gasteiger partial charge in [0.1, 0.15) is 5.75 Å². The van der Waals surface area contributed by atoms with Crippen molar-refractivity contribution in [1.82, 2.24) is 4.31 Å². The molecule has 3 rings (SSSR count). The summed E-state index contributed by atoms with van der Waals surface area (Å²) in [5.74, 6) is 0.768. The van der Waals surface area contributed by atoms with Crippen molar-refractivity contribution in [2.45, 2.75) is 36.6 Å². The van der Waals surface area contributed by atoms with Gasteiger partial charge in [-0.15, -0.1) is 0 Å². The summed E-state index contributed by atoms with van der Waals surface area (Å²) in [5, 5.41) is 0.529. The van der Waals surface area contributed by atoms with Crippen molar-refractivity contribution in [3.63, 3.8) is 0 Å². The first kappa shape index (κ1) is 18.2. The number of nitrogens with zero attached hydrogens (tertiary/aromatic N) is 1. The van der Waals surface area contributed by atoms with Crippen LogP contribution in [-0.2, 0) is 10.0 Å². The van der Waals surface area contributed by atoms with E-state index in [1.807, 2.05) is 24.3 Å². The highest BCUT2D eigenvalue weighted by atomic mass is 35.5. The number of rotatable bonds is 4. The number of halogens is 1. The van der Waals surface area contributed by atoms with Crippen LogP contribution in [0, 0.1) is 0 Å². The van der Waals surface area contributed by atoms with Crippen molar-refractivity contribution in [3.8, 4) is 5.75 Å². The van der Waals surface area contributed by atoms with E-state index < -0.39 is 10.0 Å². The highest BCUT2D eigenvalue weighted by Gasteiger charge is 2.33. The molecule has 2 aromatic carbocycles. The Balaban J connectivity index is 1.98. The second-order valence-corrected chi connectivity index (χ2v) is 8.53. The van der Waals surface area contributed by atoms with Gasteiger partial charge in [-0.05, 0) is 54.8 Å². The van der Waals surface area contributed by atoms with E-state index in [1.54, 1.807) is 35.7 Å². The van der Waals surface area contributed by atoms with Crippen LogP contribution in [-0.4, -0.2) is 26.4 Å². The molecule has 1 heterocycles. The number of hydrogen-bond acceptors (Lipinski definition) is 3. The molecule has 2 aromatic rings. The molecule has 0 bridgehead atoms. The maximum absolute atomic E-state index is 13.2. The van der Waals surface area contributed by atoms with Crippen LogP contribution >= 0.6 is 11.6 Å². The third-order valence-corrected chi connectivity index (χ3v) is 6.80. The standard InChI is InChI=1S/C19H22ClNO3S/c1-24-17-10-6-15(7-11-17)19-5-3-2-4-14-21(19)25(22,23)18-12-8-16(20)9-13-18/h6-13,19H,2-5,14H2,1H3/t19-/m1/s1. The van der Waals surface area contributed by atoms with Gasteiger partial charge >= 0.3 is 0 Å². The number of methoxy groups -OCH3 is 1. The van der Waals surface area contributed by atoms with Crippen LogP contribution in [0.5, 0.6) is 5.75 Å². The average Bonchev–Trinajstić information content (AvgIpc) is 2.89. The number of benzene rings is 2. The van der Waals surface area contributed by atoms with Crippen LogP contribution in [0.1, 0.15) is 37.3 Å². The molecule has 1 atom stereocenters. The highest BCUT2D eigenvalue weighted by Crippen LogP contribution is 2.35. The monoisotopic (exact) mass is 379 g/mol. The summed E-state index contributed by atoms with van der Waals surface area (Å²) in [6.45, 7) is 0.529. The van der Waals surface area contributed by atoms with Crippen molar-refractivity contribution in [1.29, 1.82) is 0 Å². The Bertz CT molecular complexity index is 804. The van der Waals surface area contributed by atoms with Gasteiger partial charge in [0, 0.05) is 11.6 Å². The van der Waals surface area contributed by atoms with Gasteiger partial charge in [-0.25, -0.2) is 8.42 Å². The number of ether oxygens (including phenoxy) is 1. The van der Waals surface area contributed by atoms with E-state index in [1.165, 1.54) is 0 Å². The molecule has 0 amide bonds. The minimum atomic E-state index is -3.57. The molecule has 0 aliphatic carbocycles. The van der Waals surface area contributed by atoms with Gasteiger partial charge in [0.2, 0.25) is 10.0 Å². The van der Waals surface area contributed by atoms with Crippen molar-refractivity contribution in [2.75, 3.05) is 13.7 Å². The summed E-state index contributed by atoms with van der Waals surface area (Å²) in [6.07, 6.45) is 3.75. The molecular weight excluding hydrogens is 358 g/mol. The summed E-state index contributed by atoms with van der Waals surface area (Å²) < 4.78 is 33.3. The quantitative estimate of drug-likeness (QED) is 0.776. The lowest BCUT2D eigenvalue weighted by atomic mass is 10.0. The minimum Gasteiger partial charge on any atom is -0.497 e. The normalized spacial score (nSPS) is 19.4. The molecule has 0 unspecified atom stereocenters. The molecule has 134 valence electrons. The first-order chi connectivity index (χ1) is 12.0. The van der Waals surface area contributed by atoms with E-state index in [-0.39, 0.29) is 10.9 Å². The fourth-order valence-electron chi connectivity index (χ4n) is 3.27. The molecule has 1 saturated heterocycles. The number of sulfonamides is 1. The van der Waals surface area contributed by atoms with Gasteiger partial charge in [-0.2, -0.15) is 4.31 Å². The molecule has 0 saturated carbocycles. The second kappa shape index (κ2) is 7.77. The fourth-order valence-corrected chi connectivity index (χ4v) is 5.08. The van der Waals surface area contributed by atoms with Gasteiger partial charge in [0.05, 0.1) is 18.0 Å². The Morgan fingerprint density at radius 3 is 2.32 bits per heavy atom. The lowest BCUT2D eigenvalue weighted by Gasteiger charge is -2.29. The van der Waals surface area contributed by atoms with E-state index in [0.29, 0.717) is 11.6 Å². The van der Waals surface area contributed by atoms with Gasteiger partial charge in [0.25, 0.3) is 0 Å². The summed E-state index contributed by atoms with van der Waals surface area (Å²) in [6, 6.07) is 13.9. The zero-order chi connectivity index (χ0) is 17.9. The van der Waals surface area contributed by atoms with Crippen molar-refractivity contribution < 1.29 is 13.2 Å². The molecule has 0 radical (unpaired) electrons. The molecule has 0 spiro atoms. The van der Waals surface area contributed by atoms with E-state index in [0.717, 1.165) is 37.0 Å². The largest absolute Gasteiger partial charge is 0.497 e. The van der Waals surface area contributed by atoms with Crippen LogP contribution in [0.25, 0.3) is 0 Å². The molecule has 0 aromatic heterocycles. The zero-order valence-corrected chi connectivity index (χ0v) is 15.8. The van der Waals surface area contributed by atoms with E-state index in [2.05, 4.69) is 0 Å². The van der Waals surface area contributed by atoms with E-state index >= 15 is 0 Å². The lowest BCUT2D eigenvalue weighted by molar-refractivity contribution is 0.328. The van der Waals surface area contributed by atoms with E-state index in [4.69, 9.17) is 16.3 Å². The highest BCUT2D eigenvalue weighted by molar-refractivity contribution is 7.89. The molecule has 0 N–H and O–H groups in total. The van der Waals surface area contributed by atoms with Crippen LogP contribution in [0.3, 0.4) is 0 Å². The van der Waals surface area contributed by atoms with Crippen LogP contribution in [0.15, 0.2) is 53.4 Å². The van der Waals surface area contributed by atoms with Gasteiger partial charge in [-0.1, -0.05) is 36.6 Å². The Morgan fingerprint density at radius 2 is 1.68 bits per heavy atom. The Kier molecular flexibility index (Phi) is 5.67. The average molecular weight is 380 g/mol. The first-order valence-electron chi connectivity index (χ1n) is 8.44. The predicted molar refractivity (Wildman–Crippen MR) is 99.5 cm³/mol. The maximum atomic E-state index is 13.2. The van der Waals surface area contributed by atoms with Gasteiger partial charge in [-0.3, -0.25) is 0 Å². The fraction of sp³-hybridized carbons (Fsp3) is 0.368. The molecule has 1 fully saturated rings. The summed E-state index contributed by atoms with van der Waals surface area (Å²) >= 11 is 5.91. The SMILES string of the molecule is COc1ccc([C@H]2CCCCCN2S(=O)(=O)c2ccc(Cl)cc2)cc1. The summed E-state index contributed by atoms with van der Waals surface area (Å²) in [4.78, 5) is 0.289. The molecule has 4 nitrogen and oxygen atoms in total. The Hall–Kier alpha value is -1.56. The zero-order valence-electron chi connectivity index (χ0n) is 14.2. The summed E-state index contributed by atoms with van der Waals surface area (Å²) in [5.41, 5.74) is 1.00. The van der Waals surface area contributed by atoms with Gasteiger partial charge < -0.3 is 4.74 Å². The van der Waals surface area contributed by atoms with Gasteiger partial charge in [0.15, 0.2) is 0 Å². The second-order valence-electron chi connectivity index (χ2n) is 6.21. The van der Waals surface area contributed by atoms with Crippen molar-refractivity contribution in [3.05, 3.63) is 59.1 Å². The lowest BCUT2D eigenvalue weighted by Crippen LogP contribution is -2.34. The smallest absolute Gasteiger partial charge is 0.243 e. The Labute approximate surface area is 154 Å². The van der Waals surface area contributed by atoms with E-state index in [9.17, 15) is 8.42 Å². The summed E-state index contributed by atoms with van der Waals surface area (Å²) in [7, 11) is -1.95. The minimum absolute atomic E-state index is 0.158. The molecule has 1 aliphatic rings. The topological polar surface area (TPSA) is 46.6 Å². The third-order valence-electron chi connectivity index (χ3n) is 4.62. The van der Waals surface area contributed by atoms with Crippen LogP contribution < -0.4 is 4.74 Å². The molecule has 6 heteroatoms. The molecule has 1 aliphatic heterocycles.